The molecule has 2 rings (SSSR count). The molecular weight excluding hydrogens is 250 g/mol. The van der Waals surface area contributed by atoms with Crippen molar-refractivity contribution < 1.29 is 9.53 Å². The third-order valence-electron chi connectivity index (χ3n) is 4.33. The van der Waals surface area contributed by atoms with E-state index in [0.29, 0.717) is 29.0 Å². The quantitative estimate of drug-likeness (QED) is 0.635. The summed E-state index contributed by atoms with van der Waals surface area (Å²) in [5.41, 5.74) is 6.58. The Bertz CT molecular complexity index is 460. The normalized spacial score (nSPS) is 29.5. The van der Waals surface area contributed by atoms with Gasteiger partial charge in [0.1, 0.15) is 12.2 Å². The molecule has 0 radical (unpaired) electrons. The van der Waals surface area contributed by atoms with Crippen molar-refractivity contribution in [2.45, 2.75) is 46.1 Å². The predicted octanol–water partition coefficient (Wildman–Crippen LogP) is 3.13. The van der Waals surface area contributed by atoms with Gasteiger partial charge in [-0.05, 0) is 30.6 Å². The summed E-state index contributed by atoms with van der Waals surface area (Å²) in [6.45, 7) is 6.63. The number of nitrogens with two attached hydrogens (primary N) is 1. The molecule has 0 aliphatic heterocycles. The van der Waals surface area contributed by atoms with Crippen molar-refractivity contribution >= 4 is 5.97 Å². The number of ether oxygens (including phenoxy) is 1. The van der Waals surface area contributed by atoms with E-state index in [1.807, 2.05) is 0 Å². The molecule has 0 unspecified atom stereocenters. The first-order chi connectivity index (χ1) is 9.49. The maximum atomic E-state index is 12.3. The van der Waals surface area contributed by atoms with Crippen molar-refractivity contribution in [3.8, 4) is 0 Å². The molecule has 0 saturated heterocycles. The number of hydrogen-bond acceptors (Lipinski definition) is 3. The largest absolute Gasteiger partial charge is 0.448 e. The highest BCUT2D eigenvalue weighted by Crippen LogP contribution is 2.35. The second-order valence-corrected chi connectivity index (χ2v) is 6.27. The molecule has 2 N–H and O–H groups in total. The fourth-order valence-electron chi connectivity index (χ4n) is 3.08. The average molecular weight is 274 g/mol. The molecule has 2 aliphatic rings. The number of hydrogen-bond donors (Lipinski definition) is 1. The summed E-state index contributed by atoms with van der Waals surface area (Å²) in [6.07, 6.45) is 11.3. The molecule has 0 aromatic carbocycles. The third kappa shape index (κ3) is 3.29. The molecule has 0 amide bonds. The van der Waals surface area contributed by atoms with Crippen molar-refractivity contribution in [1.29, 1.82) is 0 Å². The summed E-state index contributed by atoms with van der Waals surface area (Å²) in [4.78, 5) is 12.3. The van der Waals surface area contributed by atoms with Gasteiger partial charge in [-0.3, -0.25) is 0 Å². The van der Waals surface area contributed by atoms with Gasteiger partial charge in [-0.2, -0.15) is 0 Å². The second-order valence-electron chi connectivity index (χ2n) is 6.27. The summed E-state index contributed by atoms with van der Waals surface area (Å²) in [5.74, 6) is 1.27. The standard InChI is InChI=1S/C17H23NO2/c1-11(2)13-9-8-12(3)10-16(13)20-17(19)14-6-4-5-7-15(14)18/h4-6,11-13,16H,8-10H2,1-3H3,(H-,18,19)/p+1/t12-,13+,16-/m1/s1. The lowest BCUT2D eigenvalue weighted by atomic mass is 9.75. The number of rotatable bonds is 3. The molecule has 2 aliphatic carbocycles. The van der Waals surface area contributed by atoms with Crippen LogP contribution in [0.3, 0.4) is 0 Å². The SMILES string of the molecule is CC(C)[C@@H]1CC[C@@H](C)C[C@H]1OC(=O)C1=CC=C[C+]=C1N. The zero-order chi connectivity index (χ0) is 14.7. The molecule has 1 fully saturated rings. The number of esters is 1. The van der Waals surface area contributed by atoms with Crippen molar-refractivity contribution in [3.63, 3.8) is 0 Å². The molecule has 0 bridgehead atoms. The fourth-order valence-corrected chi connectivity index (χ4v) is 3.08. The monoisotopic (exact) mass is 274 g/mol. The van der Waals surface area contributed by atoms with Crippen molar-refractivity contribution in [3.05, 3.63) is 35.6 Å². The van der Waals surface area contributed by atoms with E-state index in [9.17, 15) is 4.79 Å². The fraction of sp³-hybridized carbons (Fsp3) is 0.588. The van der Waals surface area contributed by atoms with Crippen LogP contribution in [0.25, 0.3) is 0 Å². The van der Waals surface area contributed by atoms with Gasteiger partial charge in [-0.15, -0.1) is 0 Å². The summed E-state index contributed by atoms with van der Waals surface area (Å²) >= 11 is 0. The zero-order valence-corrected chi connectivity index (χ0v) is 12.6. The summed E-state index contributed by atoms with van der Waals surface area (Å²) < 4.78 is 5.76. The lowest BCUT2D eigenvalue weighted by Crippen LogP contribution is -2.36. The van der Waals surface area contributed by atoms with E-state index in [-0.39, 0.29) is 12.1 Å². The molecule has 1 saturated carbocycles. The topological polar surface area (TPSA) is 52.3 Å². The molecule has 0 heterocycles. The Balaban J connectivity index is 2.07. The van der Waals surface area contributed by atoms with Crippen LogP contribution < -0.4 is 5.73 Å². The first-order valence-electron chi connectivity index (χ1n) is 7.46. The molecule has 0 aromatic heterocycles. The zero-order valence-electron chi connectivity index (χ0n) is 12.6. The highest BCUT2D eigenvalue weighted by atomic mass is 16.5. The molecule has 0 aromatic rings. The maximum absolute atomic E-state index is 12.3. The molecule has 0 spiro atoms. The number of carbonyl (C=O) groups is 1. The summed E-state index contributed by atoms with van der Waals surface area (Å²) in [7, 11) is 0. The Morgan fingerprint density at radius 3 is 2.85 bits per heavy atom. The maximum Gasteiger partial charge on any atom is 0.399 e. The molecule has 108 valence electrons. The van der Waals surface area contributed by atoms with Crippen LogP contribution in [0.15, 0.2) is 29.5 Å². The van der Waals surface area contributed by atoms with Crippen molar-refractivity contribution in [2.24, 2.45) is 23.5 Å². The van der Waals surface area contributed by atoms with E-state index in [1.54, 1.807) is 18.2 Å². The second kappa shape index (κ2) is 6.23. The van der Waals surface area contributed by atoms with Crippen LogP contribution in [0, 0.1) is 23.8 Å². The Morgan fingerprint density at radius 1 is 1.45 bits per heavy atom. The van der Waals surface area contributed by atoms with Gasteiger partial charge in [-0.25, -0.2) is 4.79 Å². The minimum absolute atomic E-state index is 0.00542. The van der Waals surface area contributed by atoms with E-state index in [2.05, 4.69) is 26.8 Å². The minimum atomic E-state index is -0.316. The van der Waals surface area contributed by atoms with Gasteiger partial charge in [0.15, 0.2) is 5.57 Å². The predicted molar refractivity (Wildman–Crippen MR) is 79.4 cm³/mol. The Hall–Kier alpha value is -1.60. The summed E-state index contributed by atoms with van der Waals surface area (Å²) in [5, 5.41) is 0. The molecule has 20 heavy (non-hydrogen) atoms. The van der Waals surface area contributed by atoms with Gasteiger partial charge in [0.2, 0.25) is 5.70 Å². The van der Waals surface area contributed by atoms with E-state index >= 15 is 0 Å². The average Bonchev–Trinajstić information content (AvgIpc) is 2.38. The first kappa shape index (κ1) is 14.8. The summed E-state index contributed by atoms with van der Waals surface area (Å²) in [6, 6.07) is 0. The molecular formula is C17H24NO2+. The Kier molecular flexibility index (Phi) is 4.61. The van der Waals surface area contributed by atoms with Gasteiger partial charge >= 0.3 is 5.97 Å². The molecule has 3 heteroatoms. The van der Waals surface area contributed by atoms with Gasteiger partial charge in [0, 0.05) is 6.08 Å². The van der Waals surface area contributed by atoms with E-state index in [4.69, 9.17) is 10.5 Å². The number of carbonyl (C=O) groups excluding carboxylic acids is 1. The van der Waals surface area contributed by atoms with Crippen LogP contribution in [-0.2, 0) is 9.53 Å². The lowest BCUT2D eigenvalue weighted by molar-refractivity contribution is -0.150. The van der Waals surface area contributed by atoms with Gasteiger partial charge in [0.25, 0.3) is 0 Å². The highest BCUT2D eigenvalue weighted by molar-refractivity contribution is 5.93. The van der Waals surface area contributed by atoms with Crippen molar-refractivity contribution in [2.75, 3.05) is 0 Å². The lowest BCUT2D eigenvalue weighted by Gasteiger charge is -2.36. The molecule has 3 nitrogen and oxygen atoms in total. The van der Waals surface area contributed by atoms with Gasteiger partial charge in [0.05, 0.1) is 12.2 Å². The van der Waals surface area contributed by atoms with E-state index < -0.39 is 0 Å². The Morgan fingerprint density at radius 2 is 2.20 bits per heavy atom. The van der Waals surface area contributed by atoms with Crippen LogP contribution in [0.2, 0.25) is 0 Å². The van der Waals surface area contributed by atoms with Crippen LogP contribution in [-0.4, -0.2) is 12.1 Å². The molecule has 3 atom stereocenters. The smallest absolute Gasteiger partial charge is 0.399 e. The van der Waals surface area contributed by atoms with Crippen LogP contribution in [0.5, 0.6) is 0 Å². The van der Waals surface area contributed by atoms with Gasteiger partial charge < -0.3 is 10.5 Å². The van der Waals surface area contributed by atoms with E-state index in [0.717, 1.165) is 12.8 Å². The van der Waals surface area contributed by atoms with E-state index in [1.165, 1.54) is 6.42 Å². The minimum Gasteiger partial charge on any atom is -0.448 e. The number of allylic oxidation sites excluding steroid dienone is 4. The van der Waals surface area contributed by atoms with Crippen LogP contribution in [0.4, 0.5) is 0 Å². The van der Waals surface area contributed by atoms with Crippen LogP contribution >= 0.6 is 0 Å². The third-order valence-corrected chi connectivity index (χ3v) is 4.33. The van der Waals surface area contributed by atoms with Crippen molar-refractivity contribution in [1.82, 2.24) is 0 Å². The first-order valence-corrected chi connectivity index (χ1v) is 7.46. The van der Waals surface area contributed by atoms with Crippen LogP contribution in [0.1, 0.15) is 40.0 Å². The highest BCUT2D eigenvalue weighted by Gasteiger charge is 2.35. The Labute approximate surface area is 121 Å². The van der Waals surface area contributed by atoms with Gasteiger partial charge in [-0.1, -0.05) is 27.2 Å².